The summed E-state index contributed by atoms with van der Waals surface area (Å²) in [7, 11) is 1.64. The molecule has 0 radical (unpaired) electrons. The van der Waals surface area contributed by atoms with Crippen LogP contribution in [-0.4, -0.2) is 12.9 Å². The van der Waals surface area contributed by atoms with Gasteiger partial charge < -0.3 is 4.74 Å². The number of benzene rings is 1. The molecule has 20 heavy (non-hydrogen) atoms. The molecule has 0 fully saturated rings. The van der Waals surface area contributed by atoms with Crippen molar-refractivity contribution in [2.45, 2.75) is 13.8 Å². The van der Waals surface area contributed by atoms with Crippen molar-refractivity contribution in [3.8, 4) is 5.75 Å². The lowest BCUT2D eigenvalue weighted by Crippen LogP contribution is -1.92. The first kappa shape index (κ1) is 15.7. The number of methoxy groups -OCH3 is 1. The second-order valence-electron chi connectivity index (χ2n) is 4.23. The number of hydrogen-bond donors (Lipinski definition) is 0. The van der Waals surface area contributed by atoms with E-state index in [4.69, 9.17) is 4.74 Å². The third kappa shape index (κ3) is 5.53. The topological polar surface area (TPSA) is 26.3 Å². The maximum atomic E-state index is 11.7. The molecule has 0 aromatic heterocycles. The summed E-state index contributed by atoms with van der Waals surface area (Å²) in [6.07, 6.45) is 12.6. The molecule has 1 aromatic rings. The summed E-state index contributed by atoms with van der Waals surface area (Å²) in [5, 5.41) is 0. The monoisotopic (exact) mass is 268 g/mol. The normalized spacial score (nSPS) is 12.7. The van der Waals surface area contributed by atoms with E-state index in [1.165, 1.54) is 0 Å². The molecule has 0 amide bonds. The molecular weight excluding hydrogens is 248 g/mol. The van der Waals surface area contributed by atoms with Crippen LogP contribution in [0.15, 0.2) is 66.3 Å². The van der Waals surface area contributed by atoms with Crippen LogP contribution in [0.25, 0.3) is 6.08 Å². The highest BCUT2D eigenvalue weighted by atomic mass is 16.5. The first-order chi connectivity index (χ1) is 9.67. The van der Waals surface area contributed by atoms with Crippen LogP contribution in [0.4, 0.5) is 0 Å². The van der Waals surface area contributed by atoms with Gasteiger partial charge in [-0.25, -0.2) is 0 Å². The number of allylic oxidation sites excluding steroid dienone is 7. The molecule has 0 bridgehead atoms. The van der Waals surface area contributed by atoms with E-state index in [1.807, 2.05) is 55.5 Å². The number of rotatable bonds is 6. The number of hydrogen-bond acceptors (Lipinski definition) is 2. The second kappa shape index (κ2) is 8.70. The summed E-state index contributed by atoms with van der Waals surface area (Å²) in [4.78, 5) is 11.7. The molecule has 0 N–H and O–H groups in total. The molecule has 2 heteroatoms. The number of ether oxygens (including phenoxy) is 1. The van der Waals surface area contributed by atoms with Crippen LogP contribution in [0.3, 0.4) is 0 Å². The van der Waals surface area contributed by atoms with Gasteiger partial charge in [0.2, 0.25) is 0 Å². The Bertz CT molecular complexity index is 561. The van der Waals surface area contributed by atoms with Crippen LogP contribution in [0.1, 0.15) is 19.4 Å². The largest absolute Gasteiger partial charge is 0.497 e. The molecule has 104 valence electrons. The molecule has 0 aliphatic rings. The number of ketones is 1. The molecule has 0 aliphatic heterocycles. The minimum absolute atomic E-state index is 0.0124. The highest BCUT2D eigenvalue weighted by Crippen LogP contribution is 2.13. The standard InChI is InChI=1S/C18H20O2/c1-4-5-9-15(2)18(19)13-7-6-10-16-11-8-12-17(14-16)20-3/h4-14H,1-3H3/b5-4-,10-6+,13-7+,15-9+. The van der Waals surface area contributed by atoms with E-state index in [-0.39, 0.29) is 5.78 Å². The van der Waals surface area contributed by atoms with Crippen LogP contribution < -0.4 is 4.74 Å². The van der Waals surface area contributed by atoms with Gasteiger partial charge in [-0.3, -0.25) is 4.79 Å². The van der Waals surface area contributed by atoms with Gasteiger partial charge in [-0.15, -0.1) is 0 Å². The Labute approximate surface area is 120 Å². The molecule has 0 spiro atoms. The fourth-order valence-corrected chi connectivity index (χ4v) is 1.51. The zero-order chi connectivity index (χ0) is 14.8. The van der Waals surface area contributed by atoms with Gasteiger partial charge in [0.1, 0.15) is 5.75 Å². The Morgan fingerprint density at radius 1 is 1.20 bits per heavy atom. The summed E-state index contributed by atoms with van der Waals surface area (Å²) in [6, 6.07) is 7.73. The van der Waals surface area contributed by atoms with Crippen molar-refractivity contribution in [1.82, 2.24) is 0 Å². The first-order valence-corrected chi connectivity index (χ1v) is 6.50. The van der Waals surface area contributed by atoms with Gasteiger partial charge in [0.15, 0.2) is 5.78 Å². The Balaban J connectivity index is 2.63. The molecule has 0 atom stereocenters. The van der Waals surface area contributed by atoms with Crippen molar-refractivity contribution in [1.29, 1.82) is 0 Å². The first-order valence-electron chi connectivity index (χ1n) is 6.50. The van der Waals surface area contributed by atoms with Crippen molar-refractivity contribution in [2.24, 2.45) is 0 Å². The van der Waals surface area contributed by atoms with Crippen molar-refractivity contribution in [3.05, 3.63) is 71.9 Å². The average molecular weight is 268 g/mol. The lowest BCUT2D eigenvalue weighted by atomic mass is 10.1. The van der Waals surface area contributed by atoms with Crippen LogP contribution in [0.5, 0.6) is 5.75 Å². The maximum Gasteiger partial charge on any atom is 0.181 e. The van der Waals surface area contributed by atoms with E-state index >= 15 is 0 Å². The zero-order valence-corrected chi connectivity index (χ0v) is 12.2. The fraction of sp³-hybridized carbons (Fsp3) is 0.167. The van der Waals surface area contributed by atoms with Crippen LogP contribution in [0, 0.1) is 0 Å². The van der Waals surface area contributed by atoms with Crippen LogP contribution in [0.2, 0.25) is 0 Å². The molecule has 0 aliphatic carbocycles. The SMILES string of the molecule is C/C=C\C=C(/C)C(=O)/C=C/C=C/c1cccc(OC)c1. The lowest BCUT2D eigenvalue weighted by molar-refractivity contribution is -0.111. The summed E-state index contributed by atoms with van der Waals surface area (Å²) >= 11 is 0. The maximum absolute atomic E-state index is 11.7. The lowest BCUT2D eigenvalue weighted by Gasteiger charge is -1.99. The van der Waals surface area contributed by atoms with E-state index in [9.17, 15) is 4.79 Å². The predicted octanol–water partition coefficient (Wildman–Crippen LogP) is 4.36. The van der Waals surface area contributed by atoms with Gasteiger partial charge in [0, 0.05) is 0 Å². The van der Waals surface area contributed by atoms with E-state index in [0.717, 1.165) is 11.3 Å². The Morgan fingerprint density at radius 3 is 2.70 bits per heavy atom. The zero-order valence-electron chi connectivity index (χ0n) is 12.2. The molecule has 0 heterocycles. The van der Waals surface area contributed by atoms with E-state index in [2.05, 4.69) is 0 Å². The predicted molar refractivity (Wildman–Crippen MR) is 84.7 cm³/mol. The molecule has 0 saturated heterocycles. The summed E-state index contributed by atoms with van der Waals surface area (Å²) in [5.41, 5.74) is 1.75. The highest BCUT2D eigenvalue weighted by molar-refractivity contribution is 6.03. The number of carbonyl (C=O) groups is 1. The third-order valence-electron chi connectivity index (χ3n) is 2.67. The summed E-state index contributed by atoms with van der Waals surface area (Å²) in [5.74, 6) is 0.829. The summed E-state index contributed by atoms with van der Waals surface area (Å²) in [6.45, 7) is 3.72. The molecular formula is C18H20O2. The van der Waals surface area contributed by atoms with Gasteiger partial charge >= 0.3 is 0 Å². The molecule has 1 rings (SSSR count). The molecule has 1 aromatic carbocycles. The molecule has 0 unspecified atom stereocenters. The quantitative estimate of drug-likeness (QED) is 0.566. The van der Waals surface area contributed by atoms with Gasteiger partial charge in [-0.1, -0.05) is 48.6 Å². The number of carbonyl (C=O) groups excluding carboxylic acids is 1. The minimum atomic E-state index is 0.0124. The van der Waals surface area contributed by atoms with E-state index < -0.39 is 0 Å². The van der Waals surface area contributed by atoms with Gasteiger partial charge in [-0.05, 0) is 43.2 Å². The Morgan fingerprint density at radius 2 is 2.00 bits per heavy atom. The van der Waals surface area contributed by atoms with E-state index in [0.29, 0.717) is 5.57 Å². The molecule has 2 nitrogen and oxygen atoms in total. The second-order valence-corrected chi connectivity index (χ2v) is 4.23. The van der Waals surface area contributed by atoms with Crippen LogP contribution >= 0.6 is 0 Å². The molecule has 0 saturated carbocycles. The highest BCUT2D eigenvalue weighted by Gasteiger charge is 1.96. The van der Waals surface area contributed by atoms with Crippen molar-refractivity contribution >= 4 is 11.9 Å². The van der Waals surface area contributed by atoms with Crippen molar-refractivity contribution in [3.63, 3.8) is 0 Å². The summed E-state index contributed by atoms with van der Waals surface area (Å²) < 4.78 is 5.15. The van der Waals surface area contributed by atoms with E-state index in [1.54, 1.807) is 32.3 Å². The van der Waals surface area contributed by atoms with Gasteiger partial charge in [-0.2, -0.15) is 0 Å². The van der Waals surface area contributed by atoms with Crippen molar-refractivity contribution in [2.75, 3.05) is 7.11 Å². The van der Waals surface area contributed by atoms with Gasteiger partial charge in [0.25, 0.3) is 0 Å². The average Bonchev–Trinajstić information content (AvgIpc) is 2.49. The van der Waals surface area contributed by atoms with Crippen LogP contribution in [-0.2, 0) is 4.79 Å². The fourth-order valence-electron chi connectivity index (χ4n) is 1.51. The van der Waals surface area contributed by atoms with Gasteiger partial charge in [0.05, 0.1) is 7.11 Å². The van der Waals surface area contributed by atoms with Crippen molar-refractivity contribution < 1.29 is 9.53 Å². The Hall–Kier alpha value is -2.35. The smallest absolute Gasteiger partial charge is 0.181 e. The minimum Gasteiger partial charge on any atom is -0.497 e. The third-order valence-corrected chi connectivity index (χ3v) is 2.67. The Kier molecular flexibility index (Phi) is 6.83.